The summed E-state index contributed by atoms with van der Waals surface area (Å²) in [6.45, 7) is 2.06. The number of thiophene rings is 1. The fourth-order valence-corrected chi connectivity index (χ4v) is 5.23. The van der Waals surface area contributed by atoms with Crippen LogP contribution in [0.5, 0.6) is 5.75 Å². The standard InChI is InChI=1S/C17H18FNO5S2/c1-12(20)15-9-13(18)4-5-16(15)24-11-14-10-19(6-7-23-14)26(21,22)17-3-2-8-25-17/h2-5,8-9,14H,6-7,10-11H2,1H3. The Morgan fingerprint density at radius 2 is 2.23 bits per heavy atom. The molecule has 1 aromatic heterocycles. The number of benzene rings is 1. The monoisotopic (exact) mass is 399 g/mol. The van der Waals surface area contributed by atoms with E-state index in [0.717, 1.165) is 6.07 Å². The van der Waals surface area contributed by atoms with Crippen LogP contribution in [0.4, 0.5) is 4.39 Å². The third kappa shape index (κ3) is 4.12. The first-order chi connectivity index (χ1) is 12.4. The SMILES string of the molecule is CC(=O)c1cc(F)ccc1OCC1CN(S(=O)(=O)c2cccs2)CCO1. The number of Topliss-reactive ketones (excluding diaryl/α,β-unsaturated/α-hetero) is 1. The summed E-state index contributed by atoms with van der Waals surface area (Å²) < 4.78 is 51.4. The van der Waals surface area contributed by atoms with Crippen LogP contribution >= 0.6 is 11.3 Å². The van der Waals surface area contributed by atoms with Gasteiger partial charge >= 0.3 is 0 Å². The fraction of sp³-hybridized carbons (Fsp3) is 0.353. The molecule has 2 heterocycles. The summed E-state index contributed by atoms with van der Waals surface area (Å²) in [5.74, 6) is -0.587. The maximum atomic E-state index is 13.3. The second-order valence-electron chi connectivity index (χ2n) is 5.80. The zero-order chi connectivity index (χ0) is 18.7. The Morgan fingerprint density at radius 3 is 2.92 bits per heavy atom. The van der Waals surface area contributed by atoms with Crippen LogP contribution in [0.3, 0.4) is 0 Å². The molecule has 140 valence electrons. The van der Waals surface area contributed by atoms with Crippen molar-refractivity contribution in [3.8, 4) is 5.75 Å². The van der Waals surface area contributed by atoms with Crippen molar-refractivity contribution < 1.29 is 27.1 Å². The van der Waals surface area contributed by atoms with Gasteiger partial charge in [0.05, 0.1) is 12.2 Å². The predicted molar refractivity (Wildman–Crippen MR) is 94.7 cm³/mol. The van der Waals surface area contributed by atoms with Crippen LogP contribution in [0.25, 0.3) is 0 Å². The molecule has 0 amide bonds. The minimum Gasteiger partial charge on any atom is -0.490 e. The maximum Gasteiger partial charge on any atom is 0.252 e. The molecule has 3 rings (SSSR count). The minimum absolute atomic E-state index is 0.0579. The van der Waals surface area contributed by atoms with Crippen molar-refractivity contribution >= 4 is 27.1 Å². The molecule has 0 radical (unpaired) electrons. The van der Waals surface area contributed by atoms with Crippen molar-refractivity contribution in [3.05, 3.63) is 47.1 Å². The summed E-state index contributed by atoms with van der Waals surface area (Å²) in [7, 11) is -3.55. The number of halogens is 1. The fourth-order valence-electron chi connectivity index (χ4n) is 2.63. The van der Waals surface area contributed by atoms with E-state index < -0.39 is 21.9 Å². The van der Waals surface area contributed by atoms with E-state index in [0.29, 0.717) is 0 Å². The maximum absolute atomic E-state index is 13.3. The molecule has 1 aromatic carbocycles. The Balaban J connectivity index is 1.67. The van der Waals surface area contributed by atoms with Gasteiger partial charge < -0.3 is 9.47 Å². The smallest absolute Gasteiger partial charge is 0.252 e. The molecule has 9 heteroatoms. The van der Waals surface area contributed by atoms with Crippen LogP contribution in [0.2, 0.25) is 0 Å². The number of carbonyl (C=O) groups excluding carboxylic acids is 1. The Morgan fingerprint density at radius 1 is 1.42 bits per heavy atom. The highest BCUT2D eigenvalue weighted by atomic mass is 32.2. The highest BCUT2D eigenvalue weighted by Crippen LogP contribution is 2.24. The number of hydrogen-bond acceptors (Lipinski definition) is 6. The summed E-state index contributed by atoms with van der Waals surface area (Å²) in [4.78, 5) is 11.6. The quantitative estimate of drug-likeness (QED) is 0.698. The largest absolute Gasteiger partial charge is 0.490 e. The van der Waals surface area contributed by atoms with Gasteiger partial charge in [-0.1, -0.05) is 6.07 Å². The molecular weight excluding hydrogens is 381 g/mol. The van der Waals surface area contributed by atoms with Crippen molar-refractivity contribution in [1.82, 2.24) is 4.31 Å². The van der Waals surface area contributed by atoms with Gasteiger partial charge in [0, 0.05) is 13.1 Å². The van der Waals surface area contributed by atoms with Crippen LogP contribution in [0.15, 0.2) is 39.9 Å². The molecule has 0 aliphatic carbocycles. The zero-order valence-electron chi connectivity index (χ0n) is 14.1. The van der Waals surface area contributed by atoms with Crippen LogP contribution in [-0.2, 0) is 14.8 Å². The van der Waals surface area contributed by atoms with Gasteiger partial charge in [-0.15, -0.1) is 11.3 Å². The number of ether oxygens (including phenoxy) is 2. The van der Waals surface area contributed by atoms with E-state index in [9.17, 15) is 17.6 Å². The van der Waals surface area contributed by atoms with E-state index in [2.05, 4.69) is 0 Å². The molecule has 1 saturated heterocycles. The van der Waals surface area contributed by atoms with Gasteiger partial charge in [-0.25, -0.2) is 12.8 Å². The molecule has 0 bridgehead atoms. The van der Waals surface area contributed by atoms with Crippen LogP contribution in [-0.4, -0.2) is 50.9 Å². The molecule has 0 N–H and O–H groups in total. The molecule has 1 fully saturated rings. The average Bonchev–Trinajstić information content (AvgIpc) is 3.16. The lowest BCUT2D eigenvalue weighted by Gasteiger charge is -2.31. The van der Waals surface area contributed by atoms with E-state index in [-0.39, 0.29) is 47.6 Å². The van der Waals surface area contributed by atoms with Gasteiger partial charge in [0.1, 0.15) is 28.5 Å². The Kier molecular flexibility index (Phi) is 5.71. The molecule has 1 aliphatic rings. The van der Waals surface area contributed by atoms with E-state index >= 15 is 0 Å². The van der Waals surface area contributed by atoms with Gasteiger partial charge in [-0.3, -0.25) is 4.79 Å². The molecule has 1 unspecified atom stereocenters. The first kappa shape index (κ1) is 19.0. The Hall–Kier alpha value is -1.81. The molecule has 2 aromatic rings. The van der Waals surface area contributed by atoms with Crippen molar-refractivity contribution in [3.63, 3.8) is 0 Å². The first-order valence-electron chi connectivity index (χ1n) is 7.96. The second kappa shape index (κ2) is 7.83. The Bertz CT molecular complexity index is 883. The minimum atomic E-state index is -3.55. The van der Waals surface area contributed by atoms with E-state index in [1.165, 1.54) is 34.7 Å². The normalized spacial score (nSPS) is 18.6. The summed E-state index contributed by atoms with van der Waals surface area (Å²) in [6, 6.07) is 6.97. The summed E-state index contributed by atoms with van der Waals surface area (Å²) >= 11 is 1.17. The number of hydrogen-bond donors (Lipinski definition) is 0. The van der Waals surface area contributed by atoms with Gasteiger partial charge in [-0.2, -0.15) is 4.31 Å². The number of morpholine rings is 1. The van der Waals surface area contributed by atoms with Crippen LogP contribution < -0.4 is 4.74 Å². The number of rotatable bonds is 6. The van der Waals surface area contributed by atoms with Crippen LogP contribution in [0, 0.1) is 5.82 Å². The third-order valence-corrected chi connectivity index (χ3v) is 7.17. The lowest BCUT2D eigenvalue weighted by atomic mass is 10.1. The van der Waals surface area contributed by atoms with E-state index in [1.807, 2.05) is 0 Å². The van der Waals surface area contributed by atoms with Gasteiger partial charge in [0.2, 0.25) is 0 Å². The molecule has 0 spiro atoms. The second-order valence-corrected chi connectivity index (χ2v) is 8.91. The van der Waals surface area contributed by atoms with Crippen LogP contribution in [0.1, 0.15) is 17.3 Å². The summed E-state index contributed by atoms with van der Waals surface area (Å²) in [5.41, 5.74) is 0.142. The molecule has 6 nitrogen and oxygen atoms in total. The molecule has 0 saturated carbocycles. The van der Waals surface area contributed by atoms with Gasteiger partial charge in [0.25, 0.3) is 10.0 Å². The molecule has 26 heavy (non-hydrogen) atoms. The van der Waals surface area contributed by atoms with Gasteiger partial charge in [-0.05, 0) is 36.6 Å². The van der Waals surface area contributed by atoms with E-state index in [4.69, 9.17) is 9.47 Å². The average molecular weight is 399 g/mol. The number of sulfonamides is 1. The number of nitrogens with zero attached hydrogens (tertiary/aromatic N) is 1. The summed E-state index contributed by atoms with van der Waals surface area (Å²) in [6.07, 6.45) is -0.483. The lowest BCUT2D eigenvalue weighted by molar-refractivity contribution is -0.0250. The molecule has 1 atom stereocenters. The number of carbonyl (C=O) groups is 1. The third-order valence-electron chi connectivity index (χ3n) is 3.94. The van der Waals surface area contributed by atoms with Crippen molar-refractivity contribution in [2.75, 3.05) is 26.3 Å². The van der Waals surface area contributed by atoms with Crippen molar-refractivity contribution in [2.45, 2.75) is 17.2 Å². The lowest BCUT2D eigenvalue weighted by Crippen LogP contribution is -2.47. The zero-order valence-corrected chi connectivity index (χ0v) is 15.7. The number of ketones is 1. The molecule has 1 aliphatic heterocycles. The highest BCUT2D eigenvalue weighted by molar-refractivity contribution is 7.91. The first-order valence-corrected chi connectivity index (χ1v) is 10.3. The van der Waals surface area contributed by atoms with E-state index in [1.54, 1.807) is 17.5 Å². The summed E-state index contributed by atoms with van der Waals surface area (Å²) in [5, 5.41) is 1.71. The van der Waals surface area contributed by atoms with Crippen molar-refractivity contribution in [1.29, 1.82) is 0 Å². The Labute approximate surface area is 155 Å². The highest BCUT2D eigenvalue weighted by Gasteiger charge is 2.31. The molecular formula is C17H18FNO5S2. The van der Waals surface area contributed by atoms with Crippen molar-refractivity contribution in [2.24, 2.45) is 0 Å². The topological polar surface area (TPSA) is 72.9 Å². The van der Waals surface area contributed by atoms with Gasteiger partial charge in [0.15, 0.2) is 5.78 Å². The predicted octanol–water partition coefficient (Wildman–Crippen LogP) is 2.56.